The predicted octanol–water partition coefficient (Wildman–Crippen LogP) is 4.02. The van der Waals surface area contributed by atoms with E-state index in [-0.39, 0.29) is 5.91 Å². The second kappa shape index (κ2) is 4.52. The van der Waals surface area contributed by atoms with Crippen LogP contribution in [0.2, 0.25) is 5.02 Å². The fraction of sp³-hybridized carbons (Fsp3) is 0.0667. The van der Waals surface area contributed by atoms with Crippen LogP contribution in [0.3, 0.4) is 0 Å². The molecule has 0 amide bonds. The Morgan fingerprint density at radius 1 is 1.16 bits per heavy atom. The van der Waals surface area contributed by atoms with Crippen LogP contribution in [-0.2, 0) is 0 Å². The lowest BCUT2D eigenvalue weighted by molar-refractivity contribution is 0.0927. The first kappa shape index (κ1) is 11.9. The van der Waals surface area contributed by atoms with Gasteiger partial charge >= 0.3 is 0 Å². The molecule has 0 unspecified atom stereocenters. The van der Waals surface area contributed by atoms with E-state index in [2.05, 4.69) is 5.10 Å². The van der Waals surface area contributed by atoms with Gasteiger partial charge in [-0.05, 0) is 18.2 Å². The maximum absolute atomic E-state index is 11.7. The normalized spacial score (nSPS) is 10.8. The van der Waals surface area contributed by atoms with E-state index in [1.165, 1.54) is 11.6 Å². The first-order chi connectivity index (χ1) is 9.16. The lowest BCUT2D eigenvalue weighted by Gasteiger charge is -1.97. The molecule has 2 aromatic carbocycles. The summed E-state index contributed by atoms with van der Waals surface area (Å²) in [6, 6.07) is 15.2. The molecule has 0 spiro atoms. The molecule has 1 aromatic heterocycles. The molecular weight excluding hydrogens is 260 g/mol. The van der Waals surface area contributed by atoms with E-state index in [1.807, 2.05) is 42.5 Å². The zero-order valence-corrected chi connectivity index (χ0v) is 11.1. The van der Waals surface area contributed by atoms with Crippen molar-refractivity contribution < 1.29 is 4.79 Å². The molecule has 0 bridgehead atoms. The van der Waals surface area contributed by atoms with Crippen LogP contribution in [0.5, 0.6) is 0 Å². The second-order valence-electron chi connectivity index (χ2n) is 4.31. The lowest BCUT2D eigenvalue weighted by atomic mass is 10.1. The Morgan fingerprint density at radius 3 is 2.58 bits per heavy atom. The van der Waals surface area contributed by atoms with Crippen LogP contribution in [0.15, 0.2) is 48.5 Å². The second-order valence-corrected chi connectivity index (χ2v) is 4.74. The molecule has 0 N–H and O–H groups in total. The number of rotatable bonds is 1. The van der Waals surface area contributed by atoms with Gasteiger partial charge in [0.2, 0.25) is 5.91 Å². The van der Waals surface area contributed by atoms with Gasteiger partial charge in [0.05, 0.1) is 5.52 Å². The minimum absolute atomic E-state index is 0.116. The minimum atomic E-state index is -0.116. The molecule has 94 valence electrons. The van der Waals surface area contributed by atoms with Crippen molar-refractivity contribution in [2.24, 2.45) is 0 Å². The van der Waals surface area contributed by atoms with Crippen molar-refractivity contribution >= 4 is 28.4 Å². The summed E-state index contributed by atoms with van der Waals surface area (Å²) < 4.78 is 1.41. The van der Waals surface area contributed by atoms with Crippen molar-refractivity contribution in [2.45, 2.75) is 6.92 Å². The summed E-state index contributed by atoms with van der Waals surface area (Å²) in [4.78, 5) is 11.7. The molecule has 0 aliphatic heterocycles. The van der Waals surface area contributed by atoms with Crippen LogP contribution in [0.25, 0.3) is 22.2 Å². The zero-order valence-electron chi connectivity index (χ0n) is 10.3. The highest BCUT2D eigenvalue weighted by Gasteiger charge is 2.14. The summed E-state index contributed by atoms with van der Waals surface area (Å²) in [7, 11) is 0. The highest BCUT2D eigenvalue weighted by atomic mass is 35.5. The van der Waals surface area contributed by atoms with Crippen LogP contribution >= 0.6 is 11.6 Å². The smallest absolute Gasteiger partial charge is 0.244 e. The monoisotopic (exact) mass is 270 g/mol. The lowest BCUT2D eigenvalue weighted by Crippen LogP contribution is -2.06. The van der Waals surface area contributed by atoms with Gasteiger partial charge in [-0.2, -0.15) is 9.78 Å². The third-order valence-electron chi connectivity index (χ3n) is 2.99. The largest absolute Gasteiger partial charge is 0.273 e. The van der Waals surface area contributed by atoms with Gasteiger partial charge in [0.1, 0.15) is 5.69 Å². The van der Waals surface area contributed by atoms with Gasteiger partial charge in [-0.25, -0.2) is 0 Å². The van der Waals surface area contributed by atoms with Crippen molar-refractivity contribution in [3.8, 4) is 11.3 Å². The molecule has 0 atom stereocenters. The van der Waals surface area contributed by atoms with Gasteiger partial charge in [-0.15, -0.1) is 0 Å². The number of hydrogen-bond donors (Lipinski definition) is 0. The van der Waals surface area contributed by atoms with Crippen molar-refractivity contribution in [2.75, 3.05) is 0 Å². The predicted molar refractivity (Wildman–Crippen MR) is 76.5 cm³/mol. The molecule has 0 saturated carbocycles. The summed E-state index contributed by atoms with van der Waals surface area (Å²) in [5.41, 5.74) is 2.51. The number of halogens is 1. The number of benzene rings is 2. The molecule has 0 saturated heterocycles. The molecule has 3 rings (SSSR count). The first-order valence-electron chi connectivity index (χ1n) is 5.91. The van der Waals surface area contributed by atoms with Crippen LogP contribution in [-0.4, -0.2) is 15.7 Å². The van der Waals surface area contributed by atoms with Gasteiger partial charge in [-0.3, -0.25) is 4.79 Å². The van der Waals surface area contributed by atoms with Crippen LogP contribution < -0.4 is 0 Å². The number of carbonyl (C=O) groups is 1. The number of hydrogen-bond acceptors (Lipinski definition) is 2. The Hall–Kier alpha value is -2.13. The number of carbonyl (C=O) groups excluding carboxylic acids is 1. The maximum Gasteiger partial charge on any atom is 0.244 e. The van der Waals surface area contributed by atoms with Gasteiger partial charge in [0, 0.05) is 22.9 Å². The summed E-state index contributed by atoms with van der Waals surface area (Å²) in [6.07, 6.45) is 0. The standard InChI is InChI=1S/C15H11ClN2O/c1-10(19)18-14-8-7-12(16)9-13(14)15(17-18)11-5-3-2-4-6-11/h2-9H,1H3. The zero-order chi connectivity index (χ0) is 13.4. The van der Waals surface area contributed by atoms with Crippen molar-refractivity contribution in [1.29, 1.82) is 0 Å². The summed E-state index contributed by atoms with van der Waals surface area (Å²) >= 11 is 6.04. The maximum atomic E-state index is 11.7. The number of fused-ring (bicyclic) bond motifs is 1. The first-order valence-corrected chi connectivity index (χ1v) is 6.29. The van der Waals surface area contributed by atoms with Crippen LogP contribution in [0, 0.1) is 0 Å². The Labute approximate surface area is 115 Å². The molecule has 1 heterocycles. The third kappa shape index (κ3) is 2.02. The van der Waals surface area contributed by atoms with Gasteiger partial charge in [0.25, 0.3) is 0 Å². The van der Waals surface area contributed by atoms with Gasteiger partial charge in [-0.1, -0.05) is 41.9 Å². The van der Waals surface area contributed by atoms with E-state index >= 15 is 0 Å². The SMILES string of the molecule is CC(=O)n1nc(-c2ccccc2)c2cc(Cl)ccc21. The van der Waals surface area contributed by atoms with E-state index in [1.54, 1.807) is 6.07 Å². The average molecular weight is 271 g/mol. The van der Waals surface area contributed by atoms with Crippen molar-refractivity contribution in [3.63, 3.8) is 0 Å². The molecule has 4 heteroatoms. The van der Waals surface area contributed by atoms with E-state index in [0.717, 1.165) is 22.2 Å². The van der Waals surface area contributed by atoms with Gasteiger partial charge < -0.3 is 0 Å². The third-order valence-corrected chi connectivity index (χ3v) is 3.22. The summed E-state index contributed by atoms with van der Waals surface area (Å²) in [5, 5.41) is 5.92. The number of aromatic nitrogens is 2. The van der Waals surface area contributed by atoms with Gasteiger partial charge in [0.15, 0.2) is 0 Å². The topological polar surface area (TPSA) is 34.9 Å². The van der Waals surface area contributed by atoms with Crippen molar-refractivity contribution in [1.82, 2.24) is 9.78 Å². The molecule has 0 radical (unpaired) electrons. The van der Waals surface area contributed by atoms with E-state index in [9.17, 15) is 4.79 Å². The highest BCUT2D eigenvalue weighted by molar-refractivity contribution is 6.31. The highest BCUT2D eigenvalue weighted by Crippen LogP contribution is 2.29. The van der Waals surface area contributed by atoms with E-state index in [4.69, 9.17) is 11.6 Å². The molecule has 19 heavy (non-hydrogen) atoms. The summed E-state index contributed by atoms with van der Waals surface area (Å²) in [5.74, 6) is -0.116. The molecule has 0 aliphatic carbocycles. The molecular formula is C15H11ClN2O. The fourth-order valence-electron chi connectivity index (χ4n) is 2.14. The van der Waals surface area contributed by atoms with Crippen molar-refractivity contribution in [3.05, 3.63) is 53.6 Å². The van der Waals surface area contributed by atoms with Crippen LogP contribution in [0.4, 0.5) is 0 Å². The Bertz CT molecular complexity index is 762. The molecule has 3 aromatic rings. The summed E-state index contributed by atoms with van der Waals surface area (Å²) in [6.45, 7) is 1.50. The van der Waals surface area contributed by atoms with E-state index < -0.39 is 0 Å². The fourth-order valence-corrected chi connectivity index (χ4v) is 2.31. The average Bonchev–Trinajstić information content (AvgIpc) is 2.78. The quantitative estimate of drug-likeness (QED) is 0.669. The Morgan fingerprint density at radius 2 is 1.89 bits per heavy atom. The number of nitrogens with zero attached hydrogens (tertiary/aromatic N) is 2. The van der Waals surface area contributed by atoms with E-state index in [0.29, 0.717) is 5.02 Å². The molecule has 3 nitrogen and oxygen atoms in total. The molecule has 0 aliphatic rings. The Balaban J connectivity index is 2.36. The Kier molecular flexibility index (Phi) is 2.84. The van der Waals surface area contributed by atoms with Crippen LogP contribution in [0.1, 0.15) is 11.7 Å². The minimum Gasteiger partial charge on any atom is -0.273 e. The molecule has 0 fully saturated rings.